The van der Waals surface area contributed by atoms with Gasteiger partial charge in [-0.15, -0.1) is 0 Å². The van der Waals surface area contributed by atoms with Crippen molar-refractivity contribution in [2.45, 2.75) is 6.92 Å². The molecule has 0 fully saturated rings. The fraction of sp³-hybridized carbons (Fsp3) is 0.0345. The molecule has 4 nitrogen and oxygen atoms in total. The minimum Gasteiger partial charge on any atom is -0.423 e. The zero-order valence-electron chi connectivity index (χ0n) is 18.4. The molecule has 0 saturated heterocycles. The normalized spacial score (nSPS) is 9.47. The lowest BCUT2D eigenvalue weighted by atomic mass is 10.1. The Balaban J connectivity index is 1.74. The lowest BCUT2D eigenvalue weighted by Gasteiger charge is -2.03. The van der Waals surface area contributed by atoms with E-state index >= 15 is 0 Å². The standard InChI is InChI=1S/C29H19FO4/c1-4-28(31)34-27-8-6-5-7-24(27)16-15-23-14-11-22(19-26(23)30)10-9-21-12-17-25(18-13-21)33-29(32)20(2)3/h4-8,11-14,17-19H,1-2H2,3H3. The van der Waals surface area contributed by atoms with Gasteiger partial charge in [0.15, 0.2) is 0 Å². The number of hydrogen-bond acceptors (Lipinski definition) is 4. The molecule has 0 spiro atoms. The van der Waals surface area contributed by atoms with Gasteiger partial charge in [0.1, 0.15) is 17.3 Å². The smallest absolute Gasteiger partial charge is 0.338 e. The number of ether oxygens (including phenoxy) is 2. The summed E-state index contributed by atoms with van der Waals surface area (Å²) in [6.45, 7) is 8.46. The molecule has 166 valence electrons. The second kappa shape index (κ2) is 11.1. The van der Waals surface area contributed by atoms with Crippen LogP contribution in [0.5, 0.6) is 11.5 Å². The van der Waals surface area contributed by atoms with Crippen molar-refractivity contribution >= 4 is 11.9 Å². The van der Waals surface area contributed by atoms with Crippen molar-refractivity contribution in [2.24, 2.45) is 0 Å². The molecule has 0 saturated carbocycles. The SMILES string of the molecule is C=CC(=O)Oc1ccccc1C#Cc1ccc(C#Cc2ccc(OC(=O)C(=C)C)cc2)cc1F. The highest BCUT2D eigenvalue weighted by molar-refractivity contribution is 5.88. The molecule has 0 atom stereocenters. The Kier molecular flexibility index (Phi) is 7.79. The Morgan fingerprint density at radius 2 is 1.50 bits per heavy atom. The average Bonchev–Trinajstić information content (AvgIpc) is 2.83. The number of halogens is 1. The van der Waals surface area contributed by atoms with E-state index in [1.165, 1.54) is 12.1 Å². The van der Waals surface area contributed by atoms with Gasteiger partial charge in [0.25, 0.3) is 0 Å². The zero-order valence-corrected chi connectivity index (χ0v) is 18.4. The number of benzene rings is 3. The van der Waals surface area contributed by atoms with Gasteiger partial charge in [-0.05, 0) is 61.5 Å². The van der Waals surface area contributed by atoms with Crippen LogP contribution in [0, 0.1) is 29.5 Å². The molecule has 5 heteroatoms. The summed E-state index contributed by atoms with van der Waals surface area (Å²) in [7, 11) is 0. The summed E-state index contributed by atoms with van der Waals surface area (Å²) in [6, 6.07) is 17.8. The van der Waals surface area contributed by atoms with Crippen LogP contribution in [0.2, 0.25) is 0 Å². The molecule has 0 aliphatic heterocycles. The van der Waals surface area contributed by atoms with Crippen LogP contribution in [0.4, 0.5) is 4.39 Å². The maximum absolute atomic E-state index is 14.6. The third-order valence-electron chi connectivity index (χ3n) is 4.33. The first kappa shape index (κ1) is 23.8. The molecule has 0 N–H and O–H groups in total. The number of para-hydroxylation sites is 1. The lowest BCUT2D eigenvalue weighted by Crippen LogP contribution is -2.07. The minimum absolute atomic E-state index is 0.180. The molecule has 0 radical (unpaired) electrons. The predicted molar refractivity (Wildman–Crippen MR) is 128 cm³/mol. The fourth-order valence-corrected chi connectivity index (χ4v) is 2.58. The molecule has 3 aromatic carbocycles. The van der Waals surface area contributed by atoms with E-state index in [-0.39, 0.29) is 11.3 Å². The first-order chi connectivity index (χ1) is 16.4. The van der Waals surface area contributed by atoms with Gasteiger partial charge in [0.2, 0.25) is 0 Å². The molecule has 3 rings (SSSR count). The largest absolute Gasteiger partial charge is 0.423 e. The van der Waals surface area contributed by atoms with Gasteiger partial charge in [-0.25, -0.2) is 14.0 Å². The van der Waals surface area contributed by atoms with Gasteiger partial charge in [-0.2, -0.15) is 0 Å². The Labute approximate surface area is 197 Å². The van der Waals surface area contributed by atoms with E-state index in [9.17, 15) is 14.0 Å². The molecule has 0 heterocycles. The molecule has 34 heavy (non-hydrogen) atoms. The quantitative estimate of drug-likeness (QED) is 0.237. The molecule has 3 aromatic rings. The minimum atomic E-state index is -0.606. The highest BCUT2D eigenvalue weighted by atomic mass is 19.1. The zero-order chi connectivity index (χ0) is 24.5. The summed E-state index contributed by atoms with van der Waals surface area (Å²) < 4.78 is 24.8. The molecule has 0 aliphatic carbocycles. The number of esters is 2. The van der Waals surface area contributed by atoms with E-state index < -0.39 is 17.8 Å². The molecule has 0 aliphatic rings. The van der Waals surface area contributed by atoms with Crippen LogP contribution in [0.3, 0.4) is 0 Å². The van der Waals surface area contributed by atoms with Crippen molar-refractivity contribution in [1.82, 2.24) is 0 Å². The van der Waals surface area contributed by atoms with E-state index in [1.807, 2.05) is 0 Å². The van der Waals surface area contributed by atoms with Crippen LogP contribution < -0.4 is 9.47 Å². The molecular weight excluding hydrogens is 431 g/mol. The fourth-order valence-electron chi connectivity index (χ4n) is 2.58. The highest BCUT2D eigenvalue weighted by Gasteiger charge is 2.06. The number of hydrogen-bond donors (Lipinski definition) is 0. The summed E-state index contributed by atoms with van der Waals surface area (Å²) in [5.41, 5.74) is 2.07. The van der Waals surface area contributed by atoms with Gasteiger partial charge in [-0.3, -0.25) is 0 Å². The van der Waals surface area contributed by atoms with E-state index in [4.69, 9.17) is 9.47 Å². The van der Waals surface area contributed by atoms with Crippen LogP contribution in [-0.2, 0) is 9.59 Å². The molecule has 0 amide bonds. The summed E-state index contributed by atoms with van der Waals surface area (Å²) in [6.07, 6.45) is 1.05. The summed E-state index contributed by atoms with van der Waals surface area (Å²) in [4.78, 5) is 23.0. The van der Waals surface area contributed by atoms with Crippen molar-refractivity contribution in [3.8, 4) is 35.2 Å². The Morgan fingerprint density at radius 3 is 2.18 bits per heavy atom. The second-order valence-electron chi connectivity index (χ2n) is 7.01. The molecule has 0 unspecified atom stereocenters. The van der Waals surface area contributed by atoms with Crippen molar-refractivity contribution in [1.29, 1.82) is 0 Å². The van der Waals surface area contributed by atoms with E-state index in [2.05, 4.69) is 36.8 Å². The first-order valence-corrected chi connectivity index (χ1v) is 10.1. The molecular formula is C29H19FO4. The van der Waals surface area contributed by atoms with Crippen LogP contribution in [0.25, 0.3) is 0 Å². The lowest BCUT2D eigenvalue weighted by molar-refractivity contribution is -0.130. The van der Waals surface area contributed by atoms with Crippen molar-refractivity contribution in [2.75, 3.05) is 0 Å². The van der Waals surface area contributed by atoms with Crippen LogP contribution in [0.1, 0.15) is 29.2 Å². The highest BCUT2D eigenvalue weighted by Crippen LogP contribution is 2.18. The van der Waals surface area contributed by atoms with Crippen molar-refractivity contribution < 1.29 is 23.5 Å². The summed E-state index contributed by atoms with van der Waals surface area (Å²) in [5, 5.41) is 0. The van der Waals surface area contributed by atoms with E-state index in [0.717, 1.165) is 6.08 Å². The second-order valence-corrected chi connectivity index (χ2v) is 7.01. The first-order valence-electron chi connectivity index (χ1n) is 10.1. The summed E-state index contributed by atoms with van der Waals surface area (Å²) in [5.74, 6) is 10.4. The van der Waals surface area contributed by atoms with E-state index in [0.29, 0.717) is 28.0 Å². The summed E-state index contributed by atoms with van der Waals surface area (Å²) >= 11 is 0. The maximum atomic E-state index is 14.6. The Bertz CT molecular complexity index is 1390. The van der Waals surface area contributed by atoms with Crippen molar-refractivity contribution in [3.63, 3.8) is 0 Å². The van der Waals surface area contributed by atoms with E-state index in [1.54, 1.807) is 61.5 Å². The van der Waals surface area contributed by atoms with Gasteiger partial charge >= 0.3 is 11.9 Å². The van der Waals surface area contributed by atoms with Crippen LogP contribution in [0.15, 0.2) is 91.5 Å². The van der Waals surface area contributed by atoms with Crippen molar-refractivity contribution in [3.05, 3.63) is 120 Å². The molecule has 0 bridgehead atoms. The Morgan fingerprint density at radius 1 is 0.853 bits per heavy atom. The molecule has 0 aromatic heterocycles. The topological polar surface area (TPSA) is 52.6 Å². The van der Waals surface area contributed by atoms with Crippen LogP contribution >= 0.6 is 0 Å². The van der Waals surface area contributed by atoms with Gasteiger partial charge in [0.05, 0.1) is 11.1 Å². The number of rotatable bonds is 4. The Hall–Kier alpha value is -4.87. The van der Waals surface area contributed by atoms with Gasteiger partial charge in [-0.1, -0.05) is 49.0 Å². The average molecular weight is 450 g/mol. The number of carbonyl (C=O) groups is 2. The third kappa shape index (κ3) is 6.56. The van der Waals surface area contributed by atoms with Gasteiger partial charge in [0, 0.05) is 22.8 Å². The van der Waals surface area contributed by atoms with Gasteiger partial charge < -0.3 is 9.47 Å². The maximum Gasteiger partial charge on any atom is 0.338 e. The van der Waals surface area contributed by atoms with Crippen LogP contribution in [-0.4, -0.2) is 11.9 Å². The third-order valence-corrected chi connectivity index (χ3v) is 4.33. The predicted octanol–water partition coefficient (Wildman–Crippen LogP) is 5.20. The number of carbonyl (C=O) groups excluding carboxylic acids is 2. The monoisotopic (exact) mass is 450 g/mol.